The first-order chi connectivity index (χ1) is 11.7. The number of carbonyl (C=O) groups excluding carboxylic acids is 1. The molecule has 2 N–H and O–H groups in total. The van der Waals surface area contributed by atoms with Gasteiger partial charge in [-0.15, -0.1) is 10.2 Å². The Balaban J connectivity index is 1.51. The summed E-state index contributed by atoms with van der Waals surface area (Å²) in [4.78, 5) is 12.2. The molecular weight excluding hydrogens is 304 g/mol. The summed E-state index contributed by atoms with van der Waals surface area (Å²) in [5.74, 6) is 0.677. The van der Waals surface area contributed by atoms with Crippen LogP contribution in [0.1, 0.15) is 37.1 Å². The molecule has 128 valence electrons. The summed E-state index contributed by atoms with van der Waals surface area (Å²) in [7, 11) is 0. The molecule has 0 aliphatic heterocycles. The van der Waals surface area contributed by atoms with Gasteiger partial charge in [-0.25, -0.2) is 0 Å². The number of hydrogen-bond donors (Lipinski definition) is 2. The molecule has 0 spiro atoms. The maximum absolute atomic E-state index is 12.2. The van der Waals surface area contributed by atoms with E-state index in [1.54, 1.807) is 6.33 Å². The number of aliphatic hydroxyl groups excluding tert-OH is 1. The Labute approximate surface area is 141 Å². The van der Waals surface area contributed by atoms with Crippen molar-refractivity contribution in [3.63, 3.8) is 0 Å². The van der Waals surface area contributed by atoms with Crippen LogP contribution in [-0.4, -0.2) is 31.9 Å². The Kier molecular flexibility index (Phi) is 5.59. The van der Waals surface area contributed by atoms with Crippen LogP contribution in [0, 0.1) is 5.92 Å². The summed E-state index contributed by atoms with van der Waals surface area (Å²) < 4.78 is 1.98. The molecule has 3 rings (SSSR count). The van der Waals surface area contributed by atoms with Crippen LogP contribution in [0.2, 0.25) is 0 Å². The van der Waals surface area contributed by atoms with Gasteiger partial charge in [0.15, 0.2) is 5.82 Å². The second-order valence-electron chi connectivity index (χ2n) is 6.41. The molecule has 1 aliphatic carbocycles. The Morgan fingerprint density at radius 1 is 1.29 bits per heavy atom. The molecule has 0 unspecified atom stereocenters. The van der Waals surface area contributed by atoms with Crippen molar-refractivity contribution in [2.45, 2.75) is 51.3 Å². The highest BCUT2D eigenvalue weighted by Gasteiger charge is 2.26. The highest BCUT2D eigenvalue weighted by Crippen LogP contribution is 2.24. The number of amides is 1. The SMILES string of the molecule is O=C(NCc1nncn1CCc1ccccc1)[C@H]1CCC[C@@H](O)C1. The van der Waals surface area contributed by atoms with E-state index in [4.69, 9.17) is 0 Å². The van der Waals surface area contributed by atoms with Gasteiger partial charge in [0, 0.05) is 12.5 Å². The van der Waals surface area contributed by atoms with E-state index in [1.165, 1.54) is 5.56 Å². The van der Waals surface area contributed by atoms with Crippen LogP contribution in [0.25, 0.3) is 0 Å². The van der Waals surface area contributed by atoms with E-state index in [0.29, 0.717) is 13.0 Å². The van der Waals surface area contributed by atoms with E-state index in [2.05, 4.69) is 27.6 Å². The van der Waals surface area contributed by atoms with E-state index >= 15 is 0 Å². The number of nitrogens with zero attached hydrogens (tertiary/aromatic N) is 3. The molecule has 6 nitrogen and oxygen atoms in total. The lowest BCUT2D eigenvalue weighted by molar-refractivity contribution is -0.127. The molecule has 1 heterocycles. The largest absolute Gasteiger partial charge is 0.393 e. The lowest BCUT2D eigenvalue weighted by Gasteiger charge is -2.24. The van der Waals surface area contributed by atoms with Gasteiger partial charge in [0.2, 0.25) is 5.91 Å². The first kappa shape index (κ1) is 16.6. The third-order valence-electron chi connectivity index (χ3n) is 4.62. The lowest BCUT2D eigenvalue weighted by atomic mass is 9.87. The van der Waals surface area contributed by atoms with Crippen LogP contribution >= 0.6 is 0 Å². The number of aryl methyl sites for hydroxylation is 2. The minimum atomic E-state index is -0.343. The molecule has 1 aromatic carbocycles. The monoisotopic (exact) mass is 328 g/mol. The Morgan fingerprint density at radius 2 is 2.12 bits per heavy atom. The van der Waals surface area contributed by atoms with Gasteiger partial charge in [0.25, 0.3) is 0 Å². The number of rotatable bonds is 6. The van der Waals surface area contributed by atoms with Gasteiger partial charge in [-0.05, 0) is 31.2 Å². The van der Waals surface area contributed by atoms with Crippen LogP contribution < -0.4 is 5.32 Å². The third-order valence-corrected chi connectivity index (χ3v) is 4.62. The van der Waals surface area contributed by atoms with Crippen LogP contribution in [0.4, 0.5) is 0 Å². The minimum Gasteiger partial charge on any atom is -0.393 e. The average molecular weight is 328 g/mol. The molecule has 24 heavy (non-hydrogen) atoms. The van der Waals surface area contributed by atoms with Gasteiger partial charge in [-0.2, -0.15) is 0 Å². The van der Waals surface area contributed by atoms with Crippen molar-refractivity contribution in [1.82, 2.24) is 20.1 Å². The topological polar surface area (TPSA) is 80.0 Å². The summed E-state index contributed by atoms with van der Waals surface area (Å²) in [6.45, 7) is 1.16. The molecule has 2 aromatic rings. The first-order valence-electron chi connectivity index (χ1n) is 8.59. The fraction of sp³-hybridized carbons (Fsp3) is 0.500. The first-order valence-corrected chi connectivity index (χ1v) is 8.59. The van der Waals surface area contributed by atoms with E-state index < -0.39 is 0 Å². The second kappa shape index (κ2) is 8.06. The molecule has 1 aromatic heterocycles. The van der Waals surface area contributed by atoms with Crippen molar-refractivity contribution in [3.05, 3.63) is 48.0 Å². The van der Waals surface area contributed by atoms with Gasteiger partial charge in [0.05, 0.1) is 12.6 Å². The number of nitrogens with one attached hydrogen (secondary N) is 1. The van der Waals surface area contributed by atoms with E-state index in [-0.39, 0.29) is 17.9 Å². The van der Waals surface area contributed by atoms with Crippen LogP contribution in [0.5, 0.6) is 0 Å². The van der Waals surface area contributed by atoms with Crippen molar-refractivity contribution in [3.8, 4) is 0 Å². The van der Waals surface area contributed by atoms with Crippen molar-refractivity contribution >= 4 is 5.91 Å². The normalized spacial score (nSPS) is 20.7. The summed E-state index contributed by atoms with van der Waals surface area (Å²) in [5, 5.41) is 20.7. The van der Waals surface area contributed by atoms with E-state index in [9.17, 15) is 9.90 Å². The number of aliphatic hydroxyl groups is 1. The maximum Gasteiger partial charge on any atom is 0.223 e. The van der Waals surface area contributed by atoms with Gasteiger partial charge in [-0.1, -0.05) is 36.8 Å². The quantitative estimate of drug-likeness (QED) is 0.845. The Hall–Kier alpha value is -2.21. The zero-order valence-electron chi connectivity index (χ0n) is 13.8. The molecule has 0 saturated heterocycles. The Morgan fingerprint density at radius 3 is 2.92 bits per heavy atom. The van der Waals surface area contributed by atoms with Crippen molar-refractivity contribution < 1.29 is 9.90 Å². The van der Waals surface area contributed by atoms with Crippen molar-refractivity contribution in [2.24, 2.45) is 5.92 Å². The summed E-state index contributed by atoms with van der Waals surface area (Å²) >= 11 is 0. The zero-order valence-corrected chi connectivity index (χ0v) is 13.8. The number of carbonyl (C=O) groups is 1. The number of hydrogen-bond acceptors (Lipinski definition) is 4. The van der Waals surface area contributed by atoms with Gasteiger partial charge >= 0.3 is 0 Å². The highest BCUT2D eigenvalue weighted by molar-refractivity contribution is 5.78. The lowest BCUT2D eigenvalue weighted by Crippen LogP contribution is -2.35. The fourth-order valence-corrected chi connectivity index (χ4v) is 3.21. The molecule has 0 bridgehead atoms. The van der Waals surface area contributed by atoms with E-state index in [0.717, 1.165) is 38.1 Å². The zero-order chi connectivity index (χ0) is 16.8. The van der Waals surface area contributed by atoms with Crippen molar-refractivity contribution in [1.29, 1.82) is 0 Å². The van der Waals surface area contributed by atoms with Crippen molar-refractivity contribution in [2.75, 3.05) is 0 Å². The second-order valence-corrected chi connectivity index (χ2v) is 6.41. The molecule has 1 amide bonds. The fourth-order valence-electron chi connectivity index (χ4n) is 3.21. The number of benzene rings is 1. The van der Waals surface area contributed by atoms with E-state index in [1.807, 2.05) is 22.8 Å². The maximum atomic E-state index is 12.2. The number of aromatic nitrogens is 3. The predicted octanol–water partition coefficient (Wildman–Crippen LogP) is 1.69. The molecule has 2 atom stereocenters. The minimum absolute atomic E-state index is 0.00589. The molecule has 6 heteroatoms. The molecule has 1 fully saturated rings. The third kappa shape index (κ3) is 4.41. The predicted molar refractivity (Wildman–Crippen MR) is 90.0 cm³/mol. The van der Waals surface area contributed by atoms with Gasteiger partial charge < -0.3 is 15.0 Å². The van der Waals surface area contributed by atoms with Crippen LogP contribution in [-0.2, 0) is 24.3 Å². The average Bonchev–Trinajstić information content (AvgIpc) is 3.06. The summed E-state index contributed by atoms with van der Waals surface area (Å²) in [5.41, 5.74) is 1.26. The molecule has 1 saturated carbocycles. The summed E-state index contributed by atoms with van der Waals surface area (Å²) in [6.07, 6.45) is 5.38. The van der Waals surface area contributed by atoms with Gasteiger partial charge in [-0.3, -0.25) is 4.79 Å². The molecular formula is C18H24N4O2. The van der Waals surface area contributed by atoms with Gasteiger partial charge in [0.1, 0.15) is 6.33 Å². The standard InChI is InChI=1S/C18H24N4O2/c23-16-8-4-7-15(11-16)18(24)19-12-17-21-20-13-22(17)10-9-14-5-2-1-3-6-14/h1-3,5-6,13,15-16,23H,4,7-12H2,(H,19,24)/t15-,16+/m0/s1. The van der Waals surface area contributed by atoms with Crippen LogP contribution in [0.3, 0.4) is 0 Å². The highest BCUT2D eigenvalue weighted by atomic mass is 16.3. The molecule has 0 radical (unpaired) electrons. The smallest absolute Gasteiger partial charge is 0.223 e. The Bertz CT molecular complexity index is 656. The van der Waals surface area contributed by atoms with Crippen LogP contribution in [0.15, 0.2) is 36.7 Å². The molecule has 1 aliphatic rings. The summed E-state index contributed by atoms with van der Waals surface area (Å²) in [6, 6.07) is 10.3.